The highest BCUT2D eigenvalue weighted by atomic mass is 32.1. The van der Waals surface area contributed by atoms with Gasteiger partial charge in [-0.15, -0.1) is 11.3 Å². The van der Waals surface area contributed by atoms with Gasteiger partial charge in [0.1, 0.15) is 0 Å². The molecule has 5 rings (SSSR count). The fraction of sp³-hybridized carbons (Fsp3) is 0. The van der Waals surface area contributed by atoms with Crippen molar-refractivity contribution in [2.45, 2.75) is 0 Å². The Kier molecular flexibility index (Phi) is 4.25. The predicted molar refractivity (Wildman–Crippen MR) is 120 cm³/mol. The molecule has 2 N–H and O–H groups in total. The first-order chi connectivity index (χ1) is 13.7. The second kappa shape index (κ2) is 6.91. The molecular weight excluding hydrogens is 363 g/mol. The van der Waals surface area contributed by atoms with Crippen molar-refractivity contribution < 1.29 is 10.0 Å². The summed E-state index contributed by atoms with van der Waals surface area (Å²) in [5.74, 6) is 0. The van der Waals surface area contributed by atoms with E-state index >= 15 is 0 Å². The van der Waals surface area contributed by atoms with E-state index < -0.39 is 7.12 Å². The molecule has 0 spiro atoms. The van der Waals surface area contributed by atoms with Crippen LogP contribution in [0.5, 0.6) is 0 Å². The Morgan fingerprint density at radius 1 is 0.607 bits per heavy atom. The summed E-state index contributed by atoms with van der Waals surface area (Å²) in [4.78, 5) is 0. The van der Waals surface area contributed by atoms with E-state index in [0.29, 0.717) is 5.46 Å². The highest BCUT2D eigenvalue weighted by Gasteiger charge is 2.15. The number of rotatable bonds is 3. The summed E-state index contributed by atoms with van der Waals surface area (Å²) < 4.78 is 2.26. The van der Waals surface area contributed by atoms with E-state index in [1.54, 1.807) is 17.4 Å². The van der Waals surface area contributed by atoms with E-state index in [1.165, 1.54) is 32.3 Å². The smallest absolute Gasteiger partial charge is 0.423 e. The van der Waals surface area contributed by atoms with E-state index in [2.05, 4.69) is 66.7 Å². The molecule has 0 aliphatic carbocycles. The molecule has 134 valence electrons. The maximum absolute atomic E-state index is 9.49. The summed E-state index contributed by atoms with van der Waals surface area (Å²) in [7, 11) is -1.45. The van der Waals surface area contributed by atoms with Gasteiger partial charge in [0.25, 0.3) is 0 Å². The molecule has 0 radical (unpaired) electrons. The van der Waals surface area contributed by atoms with E-state index in [1.807, 2.05) is 18.2 Å². The van der Waals surface area contributed by atoms with Crippen LogP contribution < -0.4 is 5.46 Å². The van der Waals surface area contributed by atoms with E-state index in [4.69, 9.17) is 0 Å². The molecule has 0 saturated carbocycles. The monoisotopic (exact) mass is 380 g/mol. The van der Waals surface area contributed by atoms with Crippen LogP contribution in [0, 0.1) is 0 Å². The van der Waals surface area contributed by atoms with E-state index in [0.717, 1.165) is 10.1 Å². The van der Waals surface area contributed by atoms with Crippen molar-refractivity contribution >= 4 is 44.1 Å². The average Bonchev–Trinajstić information content (AvgIpc) is 3.12. The summed E-state index contributed by atoms with van der Waals surface area (Å²) in [6, 6.07) is 31.0. The molecule has 0 atom stereocenters. The molecule has 1 heterocycles. The Morgan fingerprint density at radius 2 is 1.36 bits per heavy atom. The van der Waals surface area contributed by atoms with Crippen molar-refractivity contribution in [1.82, 2.24) is 0 Å². The summed E-state index contributed by atoms with van der Waals surface area (Å²) >= 11 is 1.68. The first-order valence-corrected chi connectivity index (χ1v) is 9.99. The minimum absolute atomic E-state index is 0.520. The highest BCUT2D eigenvalue weighted by molar-refractivity contribution is 7.26. The Balaban J connectivity index is 1.72. The van der Waals surface area contributed by atoms with E-state index in [9.17, 15) is 10.0 Å². The molecule has 5 aromatic rings. The van der Waals surface area contributed by atoms with Crippen molar-refractivity contribution in [3.8, 4) is 22.3 Å². The van der Waals surface area contributed by atoms with Crippen LogP contribution in [0.1, 0.15) is 0 Å². The Morgan fingerprint density at radius 3 is 2.18 bits per heavy atom. The average molecular weight is 380 g/mol. The number of benzene rings is 4. The summed E-state index contributed by atoms with van der Waals surface area (Å²) in [5.41, 5.74) is 5.29. The lowest BCUT2D eigenvalue weighted by molar-refractivity contribution is 0.426. The van der Waals surface area contributed by atoms with Gasteiger partial charge in [0, 0.05) is 20.2 Å². The third-order valence-corrected chi connectivity index (χ3v) is 6.22. The fourth-order valence-electron chi connectivity index (χ4n) is 3.74. The normalized spacial score (nSPS) is 11.2. The van der Waals surface area contributed by atoms with Gasteiger partial charge in [0.15, 0.2) is 0 Å². The minimum atomic E-state index is -1.45. The van der Waals surface area contributed by atoms with Gasteiger partial charge in [-0.25, -0.2) is 0 Å². The molecule has 4 aromatic carbocycles. The quantitative estimate of drug-likeness (QED) is 0.429. The van der Waals surface area contributed by atoms with Gasteiger partial charge >= 0.3 is 7.12 Å². The first kappa shape index (κ1) is 17.2. The zero-order valence-corrected chi connectivity index (χ0v) is 15.9. The van der Waals surface area contributed by atoms with Crippen LogP contribution in [0.15, 0.2) is 91.0 Å². The van der Waals surface area contributed by atoms with Crippen molar-refractivity contribution in [1.29, 1.82) is 0 Å². The molecule has 0 amide bonds. The van der Waals surface area contributed by atoms with Crippen LogP contribution in [0.25, 0.3) is 42.4 Å². The third-order valence-electron chi connectivity index (χ3n) is 5.10. The van der Waals surface area contributed by atoms with Gasteiger partial charge < -0.3 is 10.0 Å². The van der Waals surface area contributed by atoms with Gasteiger partial charge in [0.2, 0.25) is 0 Å². The molecule has 4 heteroatoms. The SMILES string of the molecule is OB(O)c1ccc2c(c1)sc1cccc(-c3cccc(-c4ccccc4)c3)c12. The number of hydrogen-bond donors (Lipinski definition) is 2. The third kappa shape index (κ3) is 2.92. The van der Waals surface area contributed by atoms with Crippen LogP contribution in [0.2, 0.25) is 0 Å². The second-order valence-corrected chi connectivity index (χ2v) is 7.94. The van der Waals surface area contributed by atoms with Crippen LogP contribution in [0.3, 0.4) is 0 Å². The zero-order chi connectivity index (χ0) is 19.1. The van der Waals surface area contributed by atoms with Gasteiger partial charge in [0.05, 0.1) is 0 Å². The maximum atomic E-state index is 9.49. The molecule has 0 aliphatic heterocycles. The largest absolute Gasteiger partial charge is 0.488 e. The lowest BCUT2D eigenvalue weighted by Crippen LogP contribution is -2.29. The minimum Gasteiger partial charge on any atom is -0.423 e. The number of fused-ring (bicyclic) bond motifs is 3. The fourth-order valence-corrected chi connectivity index (χ4v) is 4.92. The second-order valence-electron chi connectivity index (χ2n) is 6.86. The Labute approximate surface area is 167 Å². The van der Waals surface area contributed by atoms with Gasteiger partial charge in [-0.1, -0.05) is 72.8 Å². The first-order valence-electron chi connectivity index (χ1n) is 9.18. The molecule has 28 heavy (non-hydrogen) atoms. The van der Waals surface area contributed by atoms with Crippen LogP contribution in [0.4, 0.5) is 0 Å². The maximum Gasteiger partial charge on any atom is 0.488 e. The van der Waals surface area contributed by atoms with Crippen molar-refractivity contribution in [3.05, 3.63) is 91.0 Å². The zero-order valence-electron chi connectivity index (χ0n) is 15.0. The molecule has 1 aromatic heterocycles. The van der Waals surface area contributed by atoms with Gasteiger partial charge in [-0.3, -0.25) is 0 Å². The molecule has 0 bridgehead atoms. The lowest BCUT2D eigenvalue weighted by atomic mass is 9.80. The Hall–Kier alpha value is -2.92. The topological polar surface area (TPSA) is 40.5 Å². The van der Waals surface area contributed by atoms with E-state index in [-0.39, 0.29) is 0 Å². The molecule has 2 nitrogen and oxygen atoms in total. The highest BCUT2D eigenvalue weighted by Crippen LogP contribution is 2.40. The molecular formula is C24H17BO2S. The van der Waals surface area contributed by atoms with Crippen LogP contribution >= 0.6 is 11.3 Å². The number of thiophene rings is 1. The Bertz CT molecular complexity index is 1290. The predicted octanol–water partition coefficient (Wildman–Crippen LogP) is 5.07. The number of hydrogen-bond acceptors (Lipinski definition) is 3. The van der Waals surface area contributed by atoms with Crippen LogP contribution in [-0.2, 0) is 0 Å². The van der Waals surface area contributed by atoms with Crippen molar-refractivity contribution in [3.63, 3.8) is 0 Å². The van der Waals surface area contributed by atoms with Gasteiger partial charge in [-0.2, -0.15) is 0 Å². The molecule has 0 unspecified atom stereocenters. The molecule has 0 saturated heterocycles. The lowest BCUT2D eigenvalue weighted by Gasteiger charge is -2.08. The van der Waals surface area contributed by atoms with Crippen LogP contribution in [-0.4, -0.2) is 17.2 Å². The summed E-state index contributed by atoms with van der Waals surface area (Å²) in [6.07, 6.45) is 0. The summed E-state index contributed by atoms with van der Waals surface area (Å²) in [6.45, 7) is 0. The van der Waals surface area contributed by atoms with Crippen molar-refractivity contribution in [2.24, 2.45) is 0 Å². The summed E-state index contributed by atoms with van der Waals surface area (Å²) in [5, 5.41) is 21.3. The molecule has 0 fully saturated rings. The van der Waals surface area contributed by atoms with Crippen molar-refractivity contribution in [2.75, 3.05) is 0 Å². The standard InChI is InChI=1S/C24H17BO2S/c26-25(27)19-12-13-21-23(15-19)28-22-11-5-10-20(24(21)22)18-9-4-8-17(14-18)16-6-2-1-3-7-16/h1-15,26-27H. The van der Waals surface area contributed by atoms with Gasteiger partial charge in [-0.05, 0) is 45.9 Å². The molecule has 0 aliphatic rings.